The third kappa shape index (κ3) is 3.10. The van der Waals surface area contributed by atoms with Crippen molar-refractivity contribution >= 4 is 38.7 Å². The van der Waals surface area contributed by atoms with Crippen LogP contribution in [0.4, 0.5) is 5.82 Å². The molecule has 1 N–H and O–H groups in total. The highest BCUT2D eigenvalue weighted by Crippen LogP contribution is 2.31. The van der Waals surface area contributed by atoms with Crippen LogP contribution in [0.15, 0.2) is 52.7 Å². The molecule has 4 aromatic rings. The quantitative estimate of drug-likeness (QED) is 0.406. The van der Waals surface area contributed by atoms with Gasteiger partial charge >= 0.3 is 0 Å². The summed E-state index contributed by atoms with van der Waals surface area (Å²) >= 11 is 5.17. The van der Waals surface area contributed by atoms with E-state index in [1.807, 2.05) is 12.1 Å². The molecule has 0 saturated carbocycles. The second-order valence-corrected chi connectivity index (χ2v) is 7.38. The summed E-state index contributed by atoms with van der Waals surface area (Å²) in [6.45, 7) is 2.59. The Hall–Kier alpha value is -2.45. The second-order valence-electron chi connectivity index (χ2n) is 5.61. The van der Waals surface area contributed by atoms with Crippen molar-refractivity contribution in [2.24, 2.45) is 0 Å². The fourth-order valence-electron chi connectivity index (χ4n) is 2.61. The minimum absolute atomic E-state index is 0.516. The van der Waals surface area contributed by atoms with Gasteiger partial charge in [0.2, 0.25) is 0 Å². The molecule has 0 bridgehead atoms. The van der Waals surface area contributed by atoms with Crippen LogP contribution in [0.2, 0.25) is 0 Å². The number of anilines is 1. The summed E-state index contributed by atoms with van der Waals surface area (Å²) in [5.41, 5.74) is 3.73. The molecule has 0 unspecified atom stereocenters. The van der Waals surface area contributed by atoms with E-state index in [0.717, 1.165) is 36.8 Å². The molecule has 0 atom stereocenters. The smallest absolute Gasteiger partial charge is 0.185 e. The SMILES string of the molecule is Cc1ccsc1-c1cc(NCc2ccc[n+]([O-])c2)n2ncc(Br)c2n1. The zero-order valence-electron chi connectivity index (χ0n) is 13.3. The molecule has 4 heterocycles. The van der Waals surface area contributed by atoms with Crippen molar-refractivity contribution in [2.45, 2.75) is 13.5 Å². The Morgan fingerprint density at radius 3 is 3.04 bits per heavy atom. The highest BCUT2D eigenvalue weighted by molar-refractivity contribution is 9.10. The fourth-order valence-corrected chi connectivity index (χ4v) is 3.85. The van der Waals surface area contributed by atoms with E-state index in [-0.39, 0.29) is 0 Å². The number of fused-ring (bicyclic) bond motifs is 1. The molecule has 126 valence electrons. The number of aromatic nitrogens is 4. The maximum Gasteiger partial charge on any atom is 0.185 e. The standard InChI is InChI=1S/C17H14BrN5OS/c1-11-4-6-25-16(11)14-7-15(23-17(21-14)13(18)9-20-23)19-8-12-3-2-5-22(24)10-12/h2-7,9-10,19H,8H2,1H3. The molecule has 0 aliphatic heterocycles. The fraction of sp³-hybridized carbons (Fsp3) is 0.118. The van der Waals surface area contributed by atoms with E-state index in [4.69, 9.17) is 4.98 Å². The molecular weight excluding hydrogens is 402 g/mol. The van der Waals surface area contributed by atoms with Gasteiger partial charge in [0, 0.05) is 24.2 Å². The molecule has 0 fully saturated rings. The number of pyridine rings is 1. The van der Waals surface area contributed by atoms with Gasteiger partial charge in [-0.1, -0.05) is 0 Å². The van der Waals surface area contributed by atoms with Crippen LogP contribution < -0.4 is 10.0 Å². The summed E-state index contributed by atoms with van der Waals surface area (Å²) < 4.78 is 3.39. The molecule has 0 radical (unpaired) electrons. The lowest BCUT2D eigenvalue weighted by molar-refractivity contribution is -0.605. The molecule has 25 heavy (non-hydrogen) atoms. The Morgan fingerprint density at radius 2 is 2.28 bits per heavy atom. The number of thiophene rings is 1. The van der Waals surface area contributed by atoms with Crippen molar-refractivity contribution in [1.82, 2.24) is 14.6 Å². The average molecular weight is 416 g/mol. The average Bonchev–Trinajstić information content (AvgIpc) is 3.19. The van der Waals surface area contributed by atoms with Crippen molar-refractivity contribution < 1.29 is 4.73 Å². The van der Waals surface area contributed by atoms with Crippen molar-refractivity contribution in [3.05, 3.63) is 69.0 Å². The summed E-state index contributed by atoms with van der Waals surface area (Å²) in [4.78, 5) is 5.87. The predicted octanol–water partition coefficient (Wildman–Crippen LogP) is 3.77. The first-order chi connectivity index (χ1) is 12.1. The number of nitrogens with one attached hydrogen (secondary N) is 1. The minimum Gasteiger partial charge on any atom is -0.619 e. The highest BCUT2D eigenvalue weighted by atomic mass is 79.9. The first-order valence-electron chi connectivity index (χ1n) is 7.62. The van der Waals surface area contributed by atoms with Gasteiger partial charge < -0.3 is 10.5 Å². The van der Waals surface area contributed by atoms with Gasteiger partial charge in [-0.15, -0.1) is 11.3 Å². The van der Waals surface area contributed by atoms with Gasteiger partial charge in [-0.3, -0.25) is 0 Å². The molecule has 4 rings (SSSR count). The van der Waals surface area contributed by atoms with E-state index in [0.29, 0.717) is 6.54 Å². The number of rotatable bonds is 4. The van der Waals surface area contributed by atoms with E-state index in [1.165, 1.54) is 11.8 Å². The summed E-state index contributed by atoms with van der Waals surface area (Å²) in [5.74, 6) is 0.819. The van der Waals surface area contributed by atoms with E-state index in [9.17, 15) is 5.21 Å². The van der Waals surface area contributed by atoms with Crippen molar-refractivity contribution in [1.29, 1.82) is 0 Å². The summed E-state index contributed by atoms with van der Waals surface area (Å²) in [5, 5.41) is 21.2. The second kappa shape index (κ2) is 6.45. The van der Waals surface area contributed by atoms with Gasteiger partial charge in [-0.25, -0.2) is 4.98 Å². The Bertz CT molecular complexity index is 1060. The van der Waals surface area contributed by atoms with Gasteiger partial charge in [-0.05, 0) is 45.9 Å². The molecule has 0 spiro atoms. The Labute approximate surface area is 156 Å². The maximum atomic E-state index is 11.4. The highest BCUT2D eigenvalue weighted by Gasteiger charge is 2.13. The van der Waals surface area contributed by atoms with E-state index < -0.39 is 0 Å². The zero-order chi connectivity index (χ0) is 17.4. The van der Waals surface area contributed by atoms with E-state index in [1.54, 1.807) is 34.3 Å². The predicted molar refractivity (Wildman–Crippen MR) is 101 cm³/mol. The van der Waals surface area contributed by atoms with Gasteiger partial charge in [0.15, 0.2) is 18.0 Å². The van der Waals surface area contributed by atoms with E-state index in [2.05, 4.69) is 44.7 Å². The Balaban J connectivity index is 1.75. The molecule has 0 aliphatic carbocycles. The lowest BCUT2D eigenvalue weighted by Gasteiger charge is -2.10. The lowest BCUT2D eigenvalue weighted by atomic mass is 10.2. The number of hydrogen-bond acceptors (Lipinski definition) is 5. The normalized spacial score (nSPS) is 11.1. The van der Waals surface area contributed by atoms with Gasteiger partial charge in [0.25, 0.3) is 0 Å². The zero-order valence-corrected chi connectivity index (χ0v) is 15.7. The van der Waals surface area contributed by atoms with Crippen LogP contribution in [-0.2, 0) is 6.54 Å². The van der Waals surface area contributed by atoms with Crippen LogP contribution in [0.3, 0.4) is 0 Å². The summed E-state index contributed by atoms with van der Waals surface area (Å²) in [6, 6.07) is 7.71. The largest absolute Gasteiger partial charge is 0.619 e. The molecule has 0 aromatic carbocycles. The first-order valence-corrected chi connectivity index (χ1v) is 9.29. The Morgan fingerprint density at radius 1 is 1.40 bits per heavy atom. The third-order valence-corrected chi connectivity index (χ3v) is 5.43. The van der Waals surface area contributed by atoms with Crippen LogP contribution in [0.25, 0.3) is 16.2 Å². The van der Waals surface area contributed by atoms with E-state index >= 15 is 0 Å². The maximum absolute atomic E-state index is 11.4. The van der Waals surface area contributed by atoms with Crippen LogP contribution in [0, 0.1) is 12.1 Å². The van der Waals surface area contributed by atoms with Crippen molar-refractivity contribution in [3.8, 4) is 10.6 Å². The monoisotopic (exact) mass is 415 g/mol. The topological polar surface area (TPSA) is 69.2 Å². The third-order valence-electron chi connectivity index (χ3n) is 3.83. The summed E-state index contributed by atoms with van der Waals surface area (Å²) in [7, 11) is 0. The molecule has 8 heteroatoms. The minimum atomic E-state index is 0.516. The first kappa shape index (κ1) is 16.0. The molecule has 6 nitrogen and oxygen atoms in total. The van der Waals surface area contributed by atoms with Gasteiger partial charge in [0.05, 0.1) is 21.2 Å². The Kier molecular flexibility index (Phi) is 4.14. The molecule has 0 aliphatic rings. The van der Waals surface area contributed by atoms with Crippen LogP contribution in [0.1, 0.15) is 11.1 Å². The molecule has 0 saturated heterocycles. The van der Waals surface area contributed by atoms with Crippen LogP contribution >= 0.6 is 27.3 Å². The lowest BCUT2D eigenvalue weighted by Crippen LogP contribution is -2.25. The molecule has 0 amide bonds. The van der Waals surface area contributed by atoms with Crippen molar-refractivity contribution in [3.63, 3.8) is 0 Å². The summed E-state index contributed by atoms with van der Waals surface area (Å²) in [6.07, 6.45) is 4.75. The van der Waals surface area contributed by atoms with Crippen LogP contribution in [0.5, 0.6) is 0 Å². The molecule has 4 aromatic heterocycles. The van der Waals surface area contributed by atoms with Crippen molar-refractivity contribution in [2.75, 3.05) is 5.32 Å². The number of hydrogen-bond donors (Lipinski definition) is 1. The van der Waals surface area contributed by atoms with Gasteiger partial charge in [0.1, 0.15) is 5.82 Å². The number of halogens is 1. The van der Waals surface area contributed by atoms with Crippen LogP contribution in [-0.4, -0.2) is 14.6 Å². The number of nitrogens with zero attached hydrogens (tertiary/aromatic N) is 4. The molecular formula is C17H14BrN5OS. The van der Waals surface area contributed by atoms with Gasteiger partial charge in [-0.2, -0.15) is 14.3 Å². The number of aryl methyl sites for hydroxylation is 1.